The van der Waals surface area contributed by atoms with Crippen molar-refractivity contribution >= 4 is 15.9 Å². The van der Waals surface area contributed by atoms with Crippen LogP contribution in [0, 0.1) is 18.7 Å². The Morgan fingerprint density at radius 3 is 2.63 bits per heavy atom. The average Bonchev–Trinajstić information content (AvgIpc) is 3.04. The summed E-state index contributed by atoms with van der Waals surface area (Å²) in [6, 6.07) is 4.01. The largest absolute Gasteiger partial charge is 0.362 e. The van der Waals surface area contributed by atoms with Crippen molar-refractivity contribution in [3.8, 4) is 0 Å². The summed E-state index contributed by atoms with van der Waals surface area (Å²) in [6.45, 7) is 4.15. The molecule has 2 fully saturated rings. The van der Waals surface area contributed by atoms with Gasteiger partial charge in [0, 0.05) is 27.2 Å². The minimum atomic E-state index is -3.76. The van der Waals surface area contributed by atoms with E-state index in [1.165, 1.54) is 21.3 Å². The van der Waals surface area contributed by atoms with Gasteiger partial charge in [-0.1, -0.05) is 13.0 Å². The number of carbonyl (C=O) groups excluding carboxylic acids is 1. The van der Waals surface area contributed by atoms with Gasteiger partial charge in [0.25, 0.3) is 5.91 Å². The third-order valence-corrected chi connectivity index (χ3v) is 7.73. The second kappa shape index (κ2) is 7.14. The molecular formula is C19H27FN2O4S. The van der Waals surface area contributed by atoms with Gasteiger partial charge in [-0.2, -0.15) is 4.31 Å². The topological polar surface area (TPSA) is 66.9 Å². The SMILES string of the molecule is Cc1ccc(S(=O)(=O)N2CCC3(CCC(C(=O)N(C)C)O3)C(C)C2)cc1F. The molecule has 3 atom stereocenters. The van der Waals surface area contributed by atoms with Crippen LogP contribution in [0.1, 0.15) is 31.7 Å². The van der Waals surface area contributed by atoms with Crippen LogP contribution in [0.3, 0.4) is 0 Å². The van der Waals surface area contributed by atoms with Gasteiger partial charge >= 0.3 is 0 Å². The van der Waals surface area contributed by atoms with E-state index in [4.69, 9.17) is 4.74 Å². The first-order valence-electron chi connectivity index (χ1n) is 9.22. The van der Waals surface area contributed by atoms with Gasteiger partial charge in [0.15, 0.2) is 0 Å². The lowest BCUT2D eigenvalue weighted by molar-refractivity contribution is -0.152. The minimum absolute atomic E-state index is 0.0262. The van der Waals surface area contributed by atoms with E-state index in [0.29, 0.717) is 31.5 Å². The van der Waals surface area contributed by atoms with Crippen LogP contribution in [0.4, 0.5) is 4.39 Å². The molecule has 0 radical (unpaired) electrons. The second-order valence-corrected chi connectivity index (χ2v) is 9.81. The average molecular weight is 399 g/mol. The summed E-state index contributed by atoms with van der Waals surface area (Å²) >= 11 is 0. The summed E-state index contributed by atoms with van der Waals surface area (Å²) in [5.41, 5.74) is -0.0585. The standard InChI is InChI=1S/C19H27FN2O4S/c1-13-5-6-15(11-16(13)20)27(24,25)22-10-9-19(14(2)12-22)8-7-17(26-19)18(23)21(3)4/h5-6,11,14,17H,7-10,12H2,1-4H3. The van der Waals surface area contributed by atoms with Crippen LogP contribution in [-0.2, 0) is 19.6 Å². The Kier molecular flexibility index (Phi) is 5.35. The Morgan fingerprint density at radius 1 is 1.33 bits per heavy atom. The lowest BCUT2D eigenvalue weighted by Gasteiger charge is -2.43. The number of piperidine rings is 1. The smallest absolute Gasteiger partial charge is 0.251 e. The van der Waals surface area contributed by atoms with Crippen LogP contribution in [0.2, 0.25) is 0 Å². The highest BCUT2D eigenvalue weighted by Crippen LogP contribution is 2.43. The molecule has 2 aliphatic rings. The maximum Gasteiger partial charge on any atom is 0.251 e. The number of hydrogen-bond donors (Lipinski definition) is 0. The molecule has 2 saturated heterocycles. The Morgan fingerprint density at radius 2 is 2.04 bits per heavy atom. The number of rotatable bonds is 3. The van der Waals surface area contributed by atoms with Crippen molar-refractivity contribution in [2.75, 3.05) is 27.2 Å². The first kappa shape index (κ1) is 20.2. The Hall–Kier alpha value is -1.51. The summed E-state index contributed by atoms with van der Waals surface area (Å²) in [4.78, 5) is 13.7. The molecule has 1 aromatic rings. The van der Waals surface area contributed by atoms with Crippen LogP contribution in [0.25, 0.3) is 0 Å². The first-order valence-corrected chi connectivity index (χ1v) is 10.7. The van der Waals surface area contributed by atoms with Gasteiger partial charge < -0.3 is 9.64 Å². The molecule has 0 N–H and O–H groups in total. The maximum atomic E-state index is 13.8. The maximum absolute atomic E-state index is 13.8. The van der Waals surface area contributed by atoms with Gasteiger partial charge in [0.05, 0.1) is 10.5 Å². The number of hydrogen-bond acceptors (Lipinski definition) is 4. The monoisotopic (exact) mass is 398 g/mol. The van der Waals surface area contributed by atoms with E-state index in [9.17, 15) is 17.6 Å². The lowest BCUT2D eigenvalue weighted by atomic mass is 9.81. The number of likely N-dealkylation sites (N-methyl/N-ethyl adjacent to an activating group) is 1. The summed E-state index contributed by atoms with van der Waals surface area (Å²) in [7, 11) is -0.352. The van der Waals surface area contributed by atoms with E-state index < -0.39 is 27.5 Å². The summed E-state index contributed by atoms with van der Waals surface area (Å²) in [5.74, 6) is -0.637. The molecule has 0 bridgehead atoms. The normalized spacial score (nSPS) is 29.2. The van der Waals surface area contributed by atoms with Gasteiger partial charge in [-0.25, -0.2) is 12.8 Å². The predicted molar refractivity (Wildman–Crippen MR) is 99.2 cm³/mol. The molecule has 2 aliphatic heterocycles. The van der Waals surface area contributed by atoms with Crippen molar-refractivity contribution in [2.45, 2.75) is 49.7 Å². The number of halogens is 1. The number of benzene rings is 1. The molecule has 27 heavy (non-hydrogen) atoms. The predicted octanol–water partition coefficient (Wildman–Crippen LogP) is 2.17. The van der Waals surface area contributed by atoms with Crippen molar-refractivity contribution in [1.82, 2.24) is 9.21 Å². The van der Waals surface area contributed by atoms with E-state index in [0.717, 1.165) is 12.5 Å². The van der Waals surface area contributed by atoms with Gasteiger partial charge in [0.1, 0.15) is 11.9 Å². The van der Waals surface area contributed by atoms with E-state index in [1.54, 1.807) is 21.0 Å². The molecule has 0 aliphatic carbocycles. The van der Waals surface area contributed by atoms with Crippen LogP contribution in [-0.4, -0.2) is 62.4 Å². The van der Waals surface area contributed by atoms with Crippen molar-refractivity contribution in [3.05, 3.63) is 29.6 Å². The van der Waals surface area contributed by atoms with Crippen molar-refractivity contribution < 1.29 is 22.3 Å². The number of ether oxygens (including phenoxy) is 1. The number of amides is 1. The molecule has 2 heterocycles. The number of carbonyl (C=O) groups is 1. The zero-order valence-electron chi connectivity index (χ0n) is 16.2. The highest BCUT2D eigenvalue weighted by Gasteiger charge is 2.50. The summed E-state index contributed by atoms with van der Waals surface area (Å²) in [6.07, 6.45) is 1.46. The minimum Gasteiger partial charge on any atom is -0.362 e. The number of sulfonamides is 1. The van der Waals surface area contributed by atoms with Gasteiger partial charge in [0.2, 0.25) is 10.0 Å². The van der Waals surface area contributed by atoms with Crippen molar-refractivity contribution in [3.63, 3.8) is 0 Å². The molecule has 3 unspecified atom stereocenters. The molecule has 0 saturated carbocycles. The number of aryl methyl sites for hydroxylation is 1. The third kappa shape index (κ3) is 3.62. The molecule has 8 heteroatoms. The van der Waals surface area contributed by atoms with Gasteiger partial charge in [-0.05, 0) is 49.8 Å². The molecule has 150 valence electrons. The van der Waals surface area contributed by atoms with Gasteiger partial charge in [-0.3, -0.25) is 4.79 Å². The lowest BCUT2D eigenvalue weighted by Crippen LogP contribution is -2.53. The molecular weight excluding hydrogens is 371 g/mol. The zero-order valence-corrected chi connectivity index (χ0v) is 17.1. The molecule has 1 spiro atoms. The molecule has 3 rings (SSSR count). The highest BCUT2D eigenvalue weighted by molar-refractivity contribution is 7.89. The zero-order chi connectivity index (χ0) is 20.0. The summed E-state index contributed by atoms with van der Waals surface area (Å²) in [5, 5.41) is 0. The van der Waals surface area contributed by atoms with Crippen LogP contribution < -0.4 is 0 Å². The van der Waals surface area contributed by atoms with Crippen molar-refractivity contribution in [2.24, 2.45) is 5.92 Å². The Bertz CT molecular complexity index is 842. The van der Waals surface area contributed by atoms with Crippen molar-refractivity contribution in [1.29, 1.82) is 0 Å². The molecule has 1 amide bonds. The van der Waals surface area contributed by atoms with E-state index >= 15 is 0 Å². The summed E-state index contributed by atoms with van der Waals surface area (Å²) < 4.78 is 47.2. The third-order valence-electron chi connectivity index (χ3n) is 5.86. The second-order valence-electron chi connectivity index (χ2n) is 7.87. The van der Waals surface area contributed by atoms with Crippen LogP contribution in [0.5, 0.6) is 0 Å². The highest BCUT2D eigenvalue weighted by atomic mass is 32.2. The molecule has 6 nitrogen and oxygen atoms in total. The number of nitrogens with zero attached hydrogens (tertiary/aromatic N) is 2. The quantitative estimate of drug-likeness (QED) is 0.783. The fourth-order valence-corrected chi connectivity index (χ4v) is 5.55. The van der Waals surface area contributed by atoms with E-state index in [2.05, 4.69) is 0 Å². The molecule has 1 aromatic carbocycles. The first-order chi connectivity index (χ1) is 12.6. The van der Waals surface area contributed by atoms with E-state index in [1.807, 2.05) is 6.92 Å². The van der Waals surface area contributed by atoms with Gasteiger partial charge in [-0.15, -0.1) is 0 Å². The van der Waals surface area contributed by atoms with Crippen LogP contribution in [0.15, 0.2) is 23.1 Å². The fraction of sp³-hybridized carbons (Fsp3) is 0.632. The molecule has 0 aromatic heterocycles. The Balaban J connectivity index is 1.75. The Labute approximate surface area is 160 Å². The van der Waals surface area contributed by atoms with Crippen LogP contribution >= 0.6 is 0 Å². The van der Waals surface area contributed by atoms with E-state index in [-0.39, 0.29) is 16.7 Å². The fourth-order valence-electron chi connectivity index (χ4n) is 4.01.